The zero-order valence-electron chi connectivity index (χ0n) is 8.05. The topological polar surface area (TPSA) is 20.3 Å². The molecular weight excluding hydrogens is 138 g/mol. The van der Waals surface area contributed by atoms with E-state index in [1.807, 2.05) is 7.05 Å². The predicted octanol–water partition coefficient (Wildman–Crippen LogP) is 1.90. The summed E-state index contributed by atoms with van der Waals surface area (Å²) in [5, 5.41) is 0. The maximum atomic E-state index is 11.3. The van der Waals surface area contributed by atoms with Crippen LogP contribution in [0.5, 0.6) is 0 Å². The molecule has 0 heterocycles. The van der Waals surface area contributed by atoms with Crippen molar-refractivity contribution in [3.05, 3.63) is 0 Å². The van der Waals surface area contributed by atoms with E-state index in [0.29, 0.717) is 12.3 Å². The number of hydrogen-bond acceptors (Lipinski definition) is 1. The van der Waals surface area contributed by atoms with Gasteiger partial charge in [-0.1, -0.05) is 20.8 Å². The van der Waals surface area contributed by atoms with Crippen LogP contribution in [0.3, 0.4) is 0 Å². The van der Waals surface area contributed by atoms with E-state index in [2.05, 4.69) is 20.8 Å². The maximum Gasteiger partial charge on any atom is 0.222 e. The number of carbonyl (C=O) groups excluding carboxylic acids is 1. The van der Waals surface area contributed by atoms with Gasteiger partial charge in [0.2, 0.25) is 5.91 Å². The van der Waals surface area contributed by atoms with Crippen molar-refractivity contribution in [3.63, 3.8) is 0 Å². The second kappa shape index (κ2) is 5.16. The van der Waals surface area contributed by atoms with Gasteiger partial charge in [0.25, 0.3) is 0 Å². The van der Waals surface area contributed by atoms with Crippen molar-refractivity contribution in [1.29, 1.82) is 0 Å². The van der Waals surface area contributed by atoms with E-state index in [0.717, 1.165) is 13.0 Å². The number of amides is 1. The summed E-state index contributed by atoms with van der Waals surface area (Å²) in [6.45, 7) is 7.10. The molecule has 0 bridgehead atoms. The molecular formula is C9H19NO. The lowest BCUT2D eigenvalue weighted by atomic mass is 10.1. The number of rotatable bonds is 4. The van der Waals surface area contributed by atoms with Crippen LogP contribution in [0, 0.1) is 5.92 Å². The third kappa shape index (κ3) is 4.82. The average Bonchev–Trinajstić information content (AvgIpc) is 1.86. The molecule has 0 unspecified atom stereocenters. The Hall–Kier alpha value is -0.530. The van der Waals surface area contributed by atoms with Gasteiger partial charge in [0.15, 0.2) is 0 Å². The molecule has 0 atom stereocenters. The molecule has 0 aliphatic heterocycles. The smallest absolute Gasteiger partial charge is 0.222 e. The quantitative estimate of drug-likeness (QED) is 0.610. The van der Waals surface area contributed by atoms with Crippen molar-refractivity contribution in [2.75, 3.05) is 13.6 Å². The first-order valence-corrected chi connectivity index (χ1v) is 4.31. The molecule has 0 aromatic heterocycles. The second-order valence-electron chi connectivity index (χ2n) is 3.41. The Morgan fingerprint density at radius 3 is 2.36 bits per heavy atom. The van der Waals surface area contributed by atoms with Crippen LogP contribution in [0.25, 0.3) is 0 Å². The van der Waals surface area contributed by atoms with E-state index in [1.54, 1.807) is 4.90 Å². The van der Waals surface area contributed by atoms with Crippen molar-refractivity contribution in [3.8, 4) is 0 Å². The lowest BCUT2D eigenvalue weighted by Crippen LogP contribution is -2.28. The molecule has 2 heteroatoms. The predicted molar refractivity (Wildman–Crippen MR) is 47.4 cm³/mol. The monoisotopic (exact) mass is 157 g/mol. The summed E-state index contributed by atoms with van der Waals surface area (Å²) in [7, 11) is 1.87. The van der Waals surface area contributed by atoms with Gasteiger partial charge in [0.1, 0.15) is 0 Å². The highest BCUT2D eigenvalue weighted by atomic mass is 16.2. The highest BCUT2D eigenvalue weighted by Crippen LogP contribution is 2.02. The zero-order chi connectivity index (χ0) is 8.85. The summed E-state index contributed by atoms with van der Waals surface area (Å²) < 4.78 is 0. The Morgan fingerprint density at radius 2 is 2.00 bits per heavy atom. The van der Waals surface area contributed by atoms with Gasteiger partial charge in [-0.3, -0.25) is 4.79 Å². The molecule has 0 radical (unpaired) electrons. The molecule has 0 rings (SSSR count). The Balaban J connectivity index is 3.64. The van der Waals surface area contributed by atoms with Gasteiger partial charge >= 0.3 is 0 Å². The van der Waals surface area contributed by atoms with Crippen LogP contribution < -0.4 is 0 Å². The van der Waals surface area contributed by atoms with Crippen molar-refractivity contribution < 1.29 is 4.79 Å². The average molecular weight is 157 g/mol. The number of carbonyl (C=O) groups is 1. The molecule has 2 nitrogen and oxygen atoms in total. The van der Waals surface area contributed by atoms with Gasteiger partial charge in [0.05, 0.1) is 0 Å². The third-order valence-electron chi connectivity index (χ3n) is 1.57. The van der Waals surface area contributed by atoms with Crippen LogP contribution in [-0.4, -0.2) is 24.4 Å². The lowest BCUT2D eigenvalue weighted by Gasteiger charge is -2.16. The standard InChI is InChI=1S/C9H19NO/c1-5-6-10(4)9(11)7-8(2)3/h8H,5-7H2,1-4H3. The summed E-state index contributed by atoms with van der Waals surface area (Å²) in [4.78, 5) is 13.1. The Kier molecular flexibility index (Phi) is 4.92. The van der Waals surface area contributed by atoms with Gasteiger partial charge < -0.3 is 4.90 Å². The molecule has 0 aliphatic carbocycles. The molecule has 1 amide bonds. The number of hydrogen-bond donors (Lipinski definition) is 0. The first kappa shape index (κ1) is 10.5. The Morgan fingerprint density at radius 1 is 1.45 bits per heavy atom. The second-order valence-corrected chi connectivity index (χ2v) is 3.41. The molecule has 0 saturated carbocycles. The van der Waals surface area contributed by atoms with E-state index < -0.39 is 0 Å². The first-order chi connectivity index (χ1) is 5.07. The summed E-state index contributed by atoms with van der Waals surface area (Å²) in [5.41, 5.74) is 0. The van der Waals surface area contributed by atoms with Crippen LogP contribution in [0.1, 0.15) is 33.6 Å². The maximum absolute atomic E-state index is 11.3. The molecule has 0 N–H and O–H groups in total. The van der Waals surface area contributed by atoms with Crippen LogP contribution in [0.15, 0.2) is 0 Å². The first-order valence-electron chi connectivity index (χ1n) is 4.31. The zero-order valence-corrected chi connectivity index (χ0v) is 8.05. The summed E-state index contributed by atoms with van der Waals surface area (Å²) in [6, 6.07) is 0. The molecule has 0 aromatic rings. The summed E-state index contributed by atoms with van der Waals surface area (Å²) in [6.07, 6.45) is 1.72. The summed E-state index contributed by atoms with van der Waals surface area (Å²) >= 11 is 0. The van der Waals surface area contributed by atoms with Gasteiger partial charge in [-0.05, 0) is 12.3 Å². The molecule has 0 spiro atoms. The van der Waals surface area contributed by atoms with Crippen molar-refractivity contribution in [1.82, 2.24) is 4.90 Å². The Bertz CT molecular complexity index is 121. The third-order valence-corrected chi connectivity index (χ3v) is 1.57. The molecule has 0 fully saturated rings. The van der Waals surface area contributed by atoms with Crippen LogP contribution >= 0.6 is 0 Å². The van der Waals surface area contributed by atoms with Gasteiger partial charge in [-0.2, -0.15) is 0 Å². The lowest BCUT2D eigenvalue weighted by molar-refractivity contribution is -0.130. The largest absolute Gasteiger partial charge is 0.346 e. The fourth-order valence-electron chi connectivity index (χ4n) is 0.965. The van der Waals surface area contributed by atoms with Crippen LogP contribution in [0.2, 0.25) is 0 Å². The Labute approximate surface area is 69.6 Å². The molecule has 11 heavy (non-hydrogen) atoms. The highest BCUT2D eigenvalue weighted by Gasteiger charge is 2.08. The van der Waals surface area contributed by atoms with Gasteiger partial charge in [-0.15, -0.1) is 0 Å². The highest BCUT2D eigenvalue weighted by molar-refractivity contribution is 5.75. The van der Waals surface area contributed by atoms with E-state index in [-0.39, 0.29) is 5.91 Å². The molecule has 66 valence electrons. The fraction of sp³-hybridized carbons (Fsp3) is 0.889. The van der Waals surface area contributed by atoms with Gasteiger partial charge in [-0.25, -0.2) is 0 Å². The van der Waals surface area contributed by atoms with Crippen molar-refractivity contribution in [2.45, 2.75) is 33.6 Å². The van der Waals surface area contributed by atoms with Gasteiger partial charge in [0, 0.05) is 20.0 Å². The fourth-order valence-corrected chi connectivity index (χ4v) is 0.965. The molecule has 0 aromatic carbocycles. The number of nitrogens with zero attached hydrogens (tertiary/aromatic N) is 1. The van der Waals surface area contributed by atoms with E-state index in [1.165, 1.54) is 0 Å². The summed E-state index contributed by atoms with van der Waals surface area (Å²) in [5.74, 6) is 0.739. The van der Waals surface area contributed by atoms with Crippen LogP contribution in [0.4, 0.5) is 0 Å². The minimum atomic E-state index is 0.266. The minimum Gasteiger partial charge on any atom is -0.346 e. The van der Waals surface area contributed by atoms with Crippen molar-refractivity contribution in [2.24, 2.45) is 5.92 Å². The van der Waals surface area contributed by atoms with E-state index >= 15 is 0 Å². The van der Waals surface area contributed by atoms with Crippen LogP contribution in [-0.2, 0) is 4.79 Å². The van der Waals surface area contributed by atoms with Crippen molar-refractivity contribution >= 4 is 5.91 Å². The minimum absolute atomic E-state index is 0.266. The normalized spacial score (nSPS) is 10.3. The molecule has 0 saturated heterocycles. The SMILES string of the molecule is CCCN(C)C(=O)CC(C)C. The van der Waals surface area contributed by atoms with E-state index in [9.17, 15) is 4.79 Å². The van der Waals surface area contributed by atoms with E-state index in [4.69, 9.17) is 0 Å². The molecule has 0 aliphatic rings.